The smallest absolute Gasteiger partial charge is 0.0139 e. The fourth-order valence-electron chi connectivity index (χ4n) is 3.08. The summed E-state index contributed by atoms with van der Waals surface area (Å²) in [7, 11) is 1.66. The Morgan fingerprint density at radius 2 is 1.67 bits per heavy atom. The molecule has 18 heavy (non-hydrogen) atoms. The van der Waals surface area contributed by atoms with E-state index >= 15 is 0 Å². The van der Waals surface area contributed by atoms with Crippen molar-refractivity contribution < 1.29 is 0 Å². The predicted molar refractivity (Wildman–Crippen MR) is 91.3 cm³/mol. The second kappa shape index (κ2) is 7.59. The minimum absolute atomic E-state index is 0.346. The molecule has 2 fully saturated rings. The molecule has 2 saturated heterocycles. The second-order valence-electron chi connectivity index (χ2n) is 7.51. The van der Waals surface area contributed by atoms with E-state index in [9.17, 15) is 0 Å². The molecule has 4 atom stereocenters. The zero-order valence-electron chi connectivity index (χ0n) is 13.4. The molecule has 2 aliphatic rings. The fraction of sp³-hybridized carbons (Fsp3) is 1.00. The second-order valence-corrected chi connectivity index (χ2v) is 12.6. The van der Waals surface area contributed by atoms with Crippen LogP contribution in [0.1, 0.15) is 67.2 Å². The monoisotopic (exact) mass is 288 g/mol. The highest BCUT2D eigenvalue weighted by Crippen LogP contribution is 2.63. The van der Waals surface area contributed by atoms with E-state index < -0.39 is 0 Å². The lowest BCUT2D eigenvalue weighted by Gasteiger charge is -2.36. The Morgan fingerprint density at radius 3 is 2.11 bits per heavy atom. The molecule has 0 radical (unpaired) electrons. The molecule has 2 heterocycles. The summed E-state index contributed by atoms with van der Waals surface area (Å²) in [5, 5.41) is 0.629. The zero-order chi connectivity index (χ0) is 13.8. The maximum absolute atomic E-state index is 2.48. The van der Waals surface area contributed by atoms with Gasteiger partial charge in [0.2, 0.25) is 0 Å². The quantitative estimate of drug-likeness (QED) is 0.524. The fourth-order valence-corrected chi connectivity index (χ4v) is 9.16. The first kappa shape index (κ1) is 16.9. The average Bonchev–Trinajstić information content (AvgIpc) is 2.86. The molecule has 0 aromatic rings. The average molecular weight is 288 g/mol. The van der Waals surface area contributed by atoms with Crippen LogP contribution >= 0.6 is 16.5 Å². The van der Waals surface area contributed by atoms with E-state index in [0.29, 0.717) is 13.1 Å². The van der Waals surface area contributed by atoms with Crippen LogP contribution in [0.5, 0.6) is 0 Å². The first-order valence-electron chi connectivity index (χ1n) is 7.82. The van der Waals surface area contributed by atoms with Gasteiger partial charge in [0, 0.05) is 0 Å². The Labute approximate surface area is 119 Å². The summed E-state index contributed by atoms with van der Waals surface area (Å²) < 4.78 is 0. The van der Waals surface area contributed by atoms with Gasteiger partial charge in [0.1, 0.15) is 0 Å². The molecular weight excluding hydrogens is 254 g/mol. The van der Waals surface area contributed by atoms with Gasteiger partial charge in [-0.15, -0.1) is 8.58 Å². The van der Waals surface area contributed by atoms with Gasteiger partial charge in [-0.3, -0.25) is 0 Å². The van der Waals surface area contributed by atoms with Gasteiger partial charge in [-0.2, -0.15) is 0 Å². The van der Waals surface area contributed by atoms with Crippen LogP contribution in [0.4, 0.5) is 0 Å². The Bertz CT molecular complexity index is 221. The molecule has 0 amide bonds. The summed E-state index contributed by atoms with van der Waals surface area (Å²) in [6, 6.07) is 0. The van der Waals surface area contributed by atoms with E-state index in [1.165, 1.54) is 21.4 Å². The normalized spacial score (nSPS) is 33.8. The largest absolute Gasteiger partial charge is 0.118 e. The third-order valence-electron chi connectivity index (χ3n) is 3.72. The Morgan fingerprint density at radius 1 is 1.06 bits per heavy atom. The molecule has 0 aliphatic carbocycles. The van der Waals surface area contributed by atoms with E-state index in [1.54, 1.807) is 25.2 Å². The summed E-state index contributed by atoms with van der Waals surface area (Å²) in [5.74, 6) is 0.833. The SMILES string of the molecule is CC(C)(C)P1CCCC1C1CCCP1.CC(C)C. The van der Waals surface area contributed by atoms with E-state index in [0.717, 1.165) is 17.2 Å². The standard InChI is InChI=1S/C12H24P2.C4H10/c1-12(2,3)14-9-5-7-11(14)10-6-4-8-13-10;1-4(2)3/h10-11,13H,4-9H2,1-3H3;4H,1-3H3. The van der Waals surface area contributed by atoms with Crippen molar-refractivity contribution in [3.63, 3.8) is 0 Å². The lowest BCUT2D eigenvalue weighted by molar-refractivity contribution is 0.684. The summed E-state index contributed by atoms with van der Waals surface area (Å²) in [4.78, 5) is 0. The van der Waals surface area contributed by atoms with Crippen molar-refractivity contribution in [1.29, 1.82) is 0 Å². The van der Waals surface area contributed by atoms with E-state index in [4.69, 9.17) is 0 Å². The van der Waals surface area contributed by atoms with Crippen LogP contribution in [0.15, 0.2) is 0 Å². The molecule has 0 N–H and O–H groups in total. The van der Waals surface area contributed by atoms with Gasteiger partial charge in [0.05, 0.1) is 0 Å². The van der Waals surface area contributed by atoms with E-state index in [1.807, 2.05) is 0 Å². The van der Waals surface area contributed by atoms with Gasteiger partial charge in [-0.1, -0.05) is 49.5 Å². The van der Waals surface area contributed by atoms with Crippen LogP contribution in [0, 0.1) is 5.92 Å². The first-order valence-corrected chi connectivity index (χ1v) is 10.7. The summed E-state index contributed by atoms with van der Waals surface area (Å²) in [5.41, 5.74) is 2.31. The van der Waals surface area contributed by atoms with Crippen molar-refractivity contribution in [2.45, 2.75) is 83.7 Å². The molecule has 2 rings (SSSR count). The third-order valence-corrected chi connectivity index (χ3v) is 9.80. The van der Waals surface area contributed by atoms with Crippen molar-refractivity contribution in [3.8, 4) is 0 Å². The topological polar surface area (TPSA) is 0 Å². The van der Waals surface area contributed by atoms with Crippen LogP contribution in [0.25, 0.3) is 0 Å². The Kier molecular flexibility index (Phi) is 7.13. The lowest BCUT2D eigenvalue weighted by atomic mass is 10.1. The molecule has 4 unspecified atom stereocenters. The van der Waals surface area contributed by atoms with Gasteiger partial charge in [-0.25, -0.2) is 0 Å². The van der Waals surface area contributed by atoms with Crippen LogP contribution in [-0.4, -0.2) is 28.8 Å². The Balaban J connectivity index is 0.000000357. The molecule has 0 spiro atoms. The number of hydrogen-bond acceptors (Lipinski definition) is 0. The van der Waals surface area contributed by atoms with Gasteiger partial charge in [0.15, 0.2) is 0 Å². The van der Waals surface area contributed by atoms with Crippen LogP contribution in [0.3, 0.4) is 0 Å². The van der Waals surface area contributed by atoms with Gasteiger partial charge in [0.25, 0.3) is 0 Å². The maximum atomic E-state index is 2.48. The minimum atomic E-state index is 0.346. The molecule has 2 heteroatoms. The van der Waals surface area contributed by atoms with Gasteiger partial charge < -0.3 is 0 Å². The van der Waals surface area contributed by atoms with Crippen molar-refractivity contribution in [2.24, 2.45) is 5.92 Å². The van der Waals surface area contributed by atoms with Crippen molar-refractivity contribution >= 4 is 16.5 Å². The molecule has 0 bridgehead atoms. The van der Waals surface area contributed by atoms with E-state index in [-0.39, 0.29) is 0 Å². The summed E-state index contributed by atoms with van der Waals surface area (Å²) in [6.45, 7) is 13.9. The highest BCUT2D eigenvalue weighted by Gasteiger charge is 2.39. The van der Waals surface area contributed by atoms with Crippen LogP contribution in [0.2, 0.25) is 0 Å². The first-order chi connectivity index (χ1) is 8.32. The highest BCUT2D eigenvalue weighted by molar-refractivity contribution is 7.61. The van der Waals surface area contributed by atoms with E-state index in [2.05, 4.69) is 41.5 Å². The molecule has 0 saturated carbocycles. The van der Waals surface area contributed by atoms with Gasteiger partial charge >= 0.3 is 0 Å². The van der Waals surface area contributed by atoms with Crippen molar-refractivity contribution in [2.75, 3.05) is 12.3 Å². The summed E-state index contributed by atoms with van der Waals surface area (Å²) >= 11 is 0. The molecule has 108 valence electrons. The molecular formula is C16H34P2. The predicted octanol–water partition coefficient (Wildman–Crippen LogP) is 5.93. The van der Waals surface area contributed by atoms with Gasteiger partial charge in [-0.05, 0) is 60.4 Å². The highest BCUT2D eigenvalue weighted by atomic mass is 31.1. The number of rotatable bonds is 1. The van der Waals surface area contributed by atoms with Crippen molar-refractivity contribution in [1.82, 2.24) is 0 Å². The zero-order valence-corrected chi connectivity index (χ0v) is 15.3. The van der Waals surface area contributed by atoms with Crippen molar-refractivity contribution in [3.05, 3.63) is 0 Å². The molecule has 0 nitrogen and oxygen atoms in total. The molecule has 0 aromatic heterocycles. The Hall–Kier alpha value is 0.860. The minimum Gasteiger partial charge on any atom is -0.118 e. The van der Waals surface area contributed by atoms with Crippen LogP contribution in [-0.2, 0) is 0 Å². The molecule has 2 aliphatic heterocycles. The maximum Gasteiger partial charge on any atom is -0.0139 e. The van der Waals surface area contributed by atoms with Crippen LogP contribution < -0.4 is 0 Å². The third kappa shape index (κ3) is 5.46. The molecule has 0 aromatic carbocycles. The summed E-state index contributed by atoms with van der Waals surface area (Å²) in [6.07, 6.45) is 9.33. The lowest BCUT2D eigenvalue weighted by Crippen LogP contribution is -2.23. The number of hydrogen-bond donors (Lipinski definition) is 0.